The maximum atomic E-state index is 4.02. The Morgan fingerprint density at radius 3 is 3.00 bits per heavy atom. The number of nitrogens with zero attached hydrogens (tertiary/aromatic N) is 1. The SMILES string of the molecule is CSCCCCCNc1ccncc1Br. The number of pyridine rings is 1. The standard InChI is InChI=1S/C11H17BrN2S/c1-15-8-4-2-3-6-14-11-5-7-13-9-10(11)12/h5,7,9H,2-4,6,8H2,1H3,(H,13,14). The Morgan fingerprint density at radius 1 is 1.40 bits per heavy atom. The molecule has 0 radical (unpaired) electrons. The lowest BCUT2D eigenvalue weighted by molar-refractivity contribution is 0.749. The fourth-order valence-electron chi connectivity index (χ4n) is 1.29. The summed E-state index contributed by atoms with van der Waals surface area (Å²) in [5.74, 6) is 1.28. The van der Waals surface area contributed by atoms with Crippen molar-refractivity contribution in [3.8, 4) is 0 Å². The highest BCUT2D eigenvalue weighted by Gasteiger charge is 1.96. The van der Waals surface area contributed by atoms with Gasteiger partial charge in [-0.3, -0.25) is 4.98 Å². The van der Waals surface area contributed by atoms with Gasteiger partial charge in [0.1, 0.15) is 0 Å². The molecule has 1 aromatic rings. The van der Waals surface area contributed by atoms with Crippen LogP contribution in [0.3, 0.4) is 0 Å². The molecule has 1 N–H and O–H groups in total. The molecule has 2 nitrogen and oxygen atoms in total. The van der Waals surface area contributed by atoms with Crippen LogP contribution in [0.15, 0.2) is 22.9 Å². The molecule has 0 spiro atoms. The maximum absolute atomic E-state index is 4.02. The summed E-state index contributed by atoms with van der Waals surface area (Å²) in [6.07, 6.45) is 9.63. The number of aromatic nitrogens is 1. The Hall–Kier alpha value is -0.220. The van der Waals surface area contributed by atoms with Gasteiger partial charge in [0.25, 0.3) is 0 Å². The molecule has 1 rings (SSSR count). The maximum Gasteiger partial charge on any atom is 0.0590 e. The molecule has 4 heteroatoms. The molecule has 0 aromatic carbocycles. The van der Waals surface area contributed by atoms with Crippen molar-refractivity contribution >= 4 is 33.4 Å². The smallest absolute Gasteiger partial charge is 0.0590 e. The summed E-state index contributed by atoms with van der Waals surface area (Å²) < 4.78 is 1.04. The first-order chi connectivity index (χ1) is 7.34. The zero-order chi connectivity index (χ0) is 10.9. The summed E-state index contributed by atoms with van der Waals surface area (Å²) in [5, 5.41) is 3.40. The van der Waals surface area contributed by atoms with Crippen LogP contribution in [-0.4, -0.2) is 23.5 Å². The first-order valence-corrected chi connectivity index (χ1v) is 7.35. The van der Waals surface area contributed by atoms with Crippen LogP contribution in [0, 0.1) is 0 Å². The van der Waals surface area contributed by atoms with Crippen LogP contribution in [0.2, 0.25) is 0 Å². The van der Waals surface area contributed by atoms with Crippen molar-refractivity contribution < 1.29 is 0 Å². The predicted molar refractivity (Wildman–Crippen MR) is 72.7 cm³/mol. The molecule has 0 aliphatic heterocycles. The normalized spacial score (nSPS) is 10.3. The third-order valence-electron chi connectivity index (χ3n) is 2.11. The highest BCUT2D eigenvalue weighted by molar-refractivity contribution is 9.10. The van der Waals surface area contributed by atoms with Crippen molar-refractivity contribution in [2.24, 2.45) is 0 Å². The molecule has 0 fully saturated rings. The molecule has 15 heavy (non-hydrogen) atoms. The van der Waals surface area contributed by atoms with Crippen molar-refractivity contribution in [2.45, 2.75) is 19.3 Å². The molecule has 0 saturated heterocycles. The zero-order valence-corrected chi connectivity index (χ0v) is 11.4. The van der Waals surface area contributed by atoms with E-state index in [4.69, 9.17) is 0 Å². The van der Waals surface area contributed by atoms with E-state index in [-0.39, 0.29) is 0 Å². The van der Waals surface area contributed by atoms with Crippen LogP contribution in [0.5, 0.6) is 0 Å². The van der Waals surface area contributed by atoms with E-state index in [1.165, 1.54) is 25.0 Å². The summed E-state index contributed by atoms with van der Waals surface area (Å²) >= 11 is 5.38. The molecule has 0 atom stereocenters. The van der Waals surface area contributed by atoms with Gasteiger partial charge in [-0.05, 0) is 46.8 Å². The first kappa shape index (κ1) is 12.8. The predicted octanol–water partition coefficient (Wildman–Crippen LogP) is 3.79. The number of rotatable bonds is 7. The summed E-state index contributed by atoms with van der Waals surface area (Å²) in [6, 6.07) is 1.99. The van der Waals surface area contributed by atoms with E-state index in [0.29, 0.717) is 0 Å². The van der Waals surface area contributed by atoms with Gasteiger partial charge in [-0.1, -0.05) is 6.42 Å². The van der Waals surface area contributed by atoms with E-state index < -0.39 is 0 Å². The van der Waals surface area contributed by atoms with Crippen LogP contribution < -0.4 is 5.32 Å². The number of anilines is 1. The largest absolute Gasteiger partial charge is 0.384 e. The van der Waals surface area contributed by atoms with Gasteiger partial charge in [0.15, 0.2) is 0 Å². The lowest BCUT2D eigenvalue weighted by Crippen LogP contribution is -2.02. The minimum absolute atomic E-state index is 1.04. The lowest BCUT2D eigenvalue weighted by atomic mass is 10.2. The van der Waals surface area contributed by atoms with Crippen LogP contribution in [0.4, 0.5) is 5.69 Å². The van der Waals surface area contributed by atoms with Crippen LogP contribution in [0.1, 0.15) is 19.3 Å². The molecule has 0 amide bonds. The van der Waals surface area contributed by atoms with Gasteiger partial charge in [-0.25, -0.2) is 0 Å². The summed E-state index contributed by atoms with van der Waals surface area (Å²) in [6.45, 7) is 1.04. The molecule has 0 aliphatic rings. The van der Waals surface area contributed by atoms with Crippen molar-refractivity contribution in [3.05, 3.63) is 22.9 Å². The molecule has 0 aliphatic carbocycles. The molecular weight excluding hydrogens is 272 g/mol. The number of unbranched alkanes of at least 4 members (excludes halogenated alkanes) is 2. The van der Waals surface area contributed by atoms with Gasteiger partial charge in [0, 0.05) is 18.9 Å². The number of hydrogen-bond donors (Lipinski definition) is 1. The Morgan fingerprint density at radius 2 is 2.27 bits per heavy atom. The van der Waals surface area contributed by atoms with Gasteiger partial charge in [-0.15, -0.1) is 0 Å². The Labute approximate surface area is 104 Å². The van der Waals surface area contributed by atoms with Gasteiger partial charge in [0.2, 0.25) is 0 Å². The molecule has 0 bridgehead atoms. The third-order valence-corrected chi connectivity index (χ3v) is 3.44. The molecular formula is C11H17BrN2S. The average Bonchev–Trinajstić information content (AvgIpc) is 2.25. The van der Waals surface area contributed by atoms with Gasteiger partial charge >= 0.3 is 0 Å². The van der Waals surface area contributed by atoms with Crippen molar-refractivity contribution in [2.75, 3.05) is 23.9 Å². The summed E-state index contributed by atoms with van der Waals surface area (Å²) in [7, 11) is 0. The van der Waals surface area contributed by atoms with E-state index in [1.54, 1.807) is 6.20 Å². The van der Waals surface area contributed by atoms with Crippen LogP contribution in [0.25, 0.3) is 0 Å². The summed E-state index contributed by atoms with van der Waals surface area (Å²) in [4.78, 5) is 4.02. The number of halogens is 1. The number of hydrogen-bond acceptors (Lipinski definition) is 3. The highest BCUT2D eigenvalue weighted by atomic mass is 79.9. The van der Waals surface area contributed by atoms with Crippen molar-refractivity contribution in [1.29, 1.82) is 0 Å². The summed E-state index contributed by atoms with van der Waals surface area (Å²) in [5.41, 5.74) is 1.13. The van der Waals surface area contributed by atoms with E-state index in [1.807, 2.05) is 24.0 Å². The number of thioether (sulfide) groups is 1. The second kappa shape index (κ2) is 7.99. The van der Waals surface area contributed by atoms with Crippen LogP contribution >= 0.6 is 27.7 Å². The molecule has 1 heterocycles. The van der Waals surface area contributed by atoms with Gasteiger partial charge in [-0.2, -0.15) is 11.8 Å². The highest BCUT2D eigenvalue weighted by Crippen LogP contribution is 2.19. The fraction of sp³-hybridized carbons (Fsp3) is 0.545. The Kier molecular flexibility index (Phi) is 6.85. The number of nitrogens with one attached hydrogen (secondary N) is 1. The molecule has 0 saturated carbocycles. The fourth-order valence-corrected chi connectivity index (χ4v) is 2.17. The van der Waals surface area contributed by atoms with E-state index in [0.717, 1.165) is 16.7 Å². The van der Waals surface area contributed by atoms with E-state index >= 15 is 0 Å². The molecule has 84 valence electrons. The van der Waals surface area contributed by atoms with Gasteiger partial charge in [0.05, 0.1) is 10.2 Å². The monoisotopic (exact) mass is 288 g/mol. The topological polar surface area (TPSA) is 24.9 Å². The third kappa shape index (κ3) is 5.42. The van der Waals surface area contributed by atoms with Gasteiger partial charge < -0.3 is 5.32 Å². The van der Waals surface area contributed by atoms with Crippen molar-refractivity contribution in [1.82, 2.24) is 4.98 Å². The molecule has 1 aromatic heterocycles. The first-order valence-electron chi connectivity index (χ1n) is 5.17. The Balaban J connectivity index is 2.12. The van der Waals surface area contributed by atoms with Crippen LogP contribution in [-0.2, 0) is 0 Å². The van der Waals surface area contributed by atoms with E-state index in [9.17, 15) is 0 Å². The second-order valence-corrected chi connectivity index (χ2v) is 5.18. The van der Waals surface area contributed by atoms with Crippen molar-refractivity contribution in [3.63, 3.8) is 0 Å². The minimum Gasteiger partial charge on any atom is -0.384 e. The zero-order valence-electron chi connectivity index (χ0n) is 9.00. The average molecular weight is 289 g/mol. The minimum atomic E-state index is 1.04. The Bertz CT molecular complexity index is 281. The van der Waals surface area contributed by atoms with E-state index in [2.05, 4.69) is 32.5 Å². The molecule has 0 unspecified atom stereocenters. The second-order valence-electron chi connectivity index (χ2n) is 3.34. The lowest BCUT2D eigenvalue weighted by Gasteiger charge is -2.07. The quantitative estimate of drug-likeness (QED) is 0.773.